The van der Waals surface area contributed by atoms with E-state index >= 15 is 0 Å². The highest BCUT2D eigenvalue weighted by Crippen LogP contribution is 2.28. The Hall–Kier alpha value is -1.34. The molecule has 0 spiro atoms. The lowest BCUT2D eigenvalue weighted by atomic mass is 10.3. The van der Waals surface area contributed by atoms with Gasteiger partial charge in [0.05, 0.1) is 10.0 Å². The Kier molecular flexibility index (Phi) is 7.09. The summed E-state index contributed by atoms with van der Waals surface area (Å²) in [7, 11) is 1.81. The van der Waals surface area contributed by atoms with Crippen LogP contribution < -0.4 is 10.6 Å². The van der Waals surface area contributed by atoms with Crippen LogP contribution in [0.15, 0.2) is 18.2 Å². The van der Waals surface area contributed by atoms with Gasteiger partial charge in [-0.1, -0.05) is 29.3 Å². The van der Waals surface area contributed by atoms with Crippen molar-refractivity contribution in [2.75, 3.05) is 20.1 Å². The molecule has 9 heteroatoms. The van der Waals surface area contributed by atoms with Crippen molar-refractivity contribution in [2.24, 2.45) is 0 Å². The molecule has 0 unspecified atom stereocenters. The van der Waals surface area contributed by atoms with Gasteiger partial charge in [0.1, 0.15) is 11.5 Å². The molecular weight excluding hydrogens is 349 g/mol. The maximum absolute atomic E-state index is 11.9. The van der Waals surface area contributed by atoms with Crippen molar-refractivity contribution in [1.82, 2.24) is 25.4 Å². The van der Waals surface area contributed by atoms with Crippen molar-refractivity contribution in [2.45, 2.75) is 6.92 Å². The molecule has 0 bridgehead atoms. The quantitative estimate of drug-likeness (QED) is 0.798. The van der Waals surface area contributed by atoms with Crippen LogP contribution in [0.3, 0.4) is 0 Å². The highest BCUT2D eigenvalue weighted by Gasteiger charge is 2.17. The highest BCUT2D eigenvalue weighted by atomic mass is 35.5. The van der Waals surface area contributed by atoms with Crippen LogP contribution in [0.5, 0.6) is 0 Å². The SMILES string of the molecule is CNCCNC(=O)c1nc(C)n(-c2c(Cl)cccc2Cl)n1.Cl. The smallest absolute Gasteiger partial charge is 0.291 e. The fourth-order valence-electron chi connectivity index (χ4n) is 1.77. The third-order valence-electron chi connectivity index (χ3n) is 2.78. The van der Waals surface area contributed by atoms with E-state index in [-0.39, 0.29) is 24.1 Å². The molecule has 6 nitrogen and oxygen atoms in total. The number of hydrogen-bond donors (Lipinski definition) is 2. The van der Waals surface area contributed by atoms with Crippen LogP contribution in [0.4, 0.5) is 0 Å². The number of carbonyl (C=O) groups excluding carboxylic acids is 1. The molecule has 0 fully saturated rings. The number of aromatic nitrogens is 3. The van der Waals surface area contributed by atoms with Gasteiger partial charge in [-0.3, -0.25) is 4.79 Å². The molecule has 0 aliphatic heterocycles. The van der Waals surface area contributed by atoms with Gasteiger partial charge < -0.3 is 10.6 Å². The minimum absolute atomic E-state index is 0. The van der Waals surface area contributed by atoms with E-state index in [2.05, 4.69) is 20.7 Å². The minimum Gasteiger partial charge on any atom is -0.348 e. The minimum atomic E-state index is -0.338. The van der Waals surface area contributed by atoms with E-state index in [0.717, 1.165) is 0 Å². The zero-order valence-electron chi connectivity index (χ0n) is 12.1. The van der Waals surface area contributed by atoms with E-state index in [4.69, 9.17) is 23.2 Å². The Morgan fingerprint density at radius 2 is 1.91 bits per heavy atom. The van der Waals surface area contributed by atoms with E-state index in [9.17, 15) is 4.79 Å². The lowest BCUT2D eigenvalue weighted by molar-refractivity contribution is 0.0944. The molecule has 2 N–H and O–H groups in total. The number of halogens is 3. The van der Waals surface area contributed by atoms with Crippen LogP contribution in [0, 0.1) is 6.92 Å². The van der Waals surface area contributed by atoms with Gasteiger partial charge in [-0.15, -0.1) is 17.5 Å². The summed E-state index contributed by atoms with van der Waals surface area (Å²) < 4.78 is 1.47. The number of hydrogen-bond acceptors (Lipinski definition) is 4. The van der Waals surface area contributed by atoms with Crippen molar-refractivity contribution >= 4 is 41.5 Å². The monoisotopic (exact) mass is 363 g/mol. The summed E-state index contributed by atoms with van der Waals surface area (Å²) >= 11 is 12.3. The van der Waals surface area contributed by atoms with Crippen molar-refractivity contribution in [3.05, 3.63) is 39.9 Å². The number of rotatable bonds is 5. The lowest BCUT2D eigenvalue weighted by Crippen LogP contribution is -2.31. The second-order valence-electron chi connectivity index (χ2n) is 4.32. The molecule has 1 aromatic carbocycles. The summed E-state index contributed by atoms with van der Waals surface area (Å²) in [6.07, 6.45) is 0. The molecule has 120 valence electrons. The van der Waals surface area contributed by atoms with Crippen LogP contribution in [-0.4, -0.2) is 40.8 Å². The molecule has 1 amide bonds. The second-order valence-corrected chi connectivity index (χ2v) is 5.14. The molecule has 2 aromatic rings. The molecular formula is C13H16Cl3N5O. The van der Waals surface area contributed by atoms with E-state index < -0.39 is 0 Å². The number of aryl methyl sites for hydroxylation is 1. The fraction of sp³-hybridized carbons (Fsp3) is 0.308. The van der Waals surface area contributed by atoms with Crippen molar-refractivity contribution in [3.63, 3.8) is 0 Å². The van der Waals surface area contributed by atoms with Gasteiger partial charge in [-0.2, -0.15) is 0 Å². The predicted octanol–water partition coefficient (Wildman–Crippen LogP) is 2.25. The molecule has 1 aromatic heterocycles. The van der Waals surface area contributed by atoms with Crippen molar-refractivity contribution < 1.29 is 4.79 Å². The van der Waals surface area contributed by atoms with Gasteiger partial charge >= 0.3 is 0 Å². The summed E-state index contributed by atoms with van der Waals surface area (Å²) in [6, 6.07) is 5.15. The maximum atomic E-state index is 11.9. The Labute approximate surface area is 144 Å². The number of nitrogens with one attached hydrogen (secondary N) is 2. The molecule has 0 radical (unpaired) electrons. The average molecular weight is 365 g/mol. The largest absolute Gasteiger partial charge is 0.348 e. The van der Waals surface area contributed by atoms with E-state index in [0.29, 0.717) is 34.6 Å². The molecule has 22 heavy (non-hydrogen) atoms. The van der Waals surface area contributed by atoms with Gasteiger partial charge in [0.2, 0.25) is 5.82 Å². The number of carbonyl (C=O) groups is 1. The number of nitrogens with zero attached hydrogens (tertiary/aromatic N) is 3. The Morgan fingerprint density at radius 3 is 2.50 bits per heavy atom. The van der Waals surface area contributed by atoms with Crippen LogP contribution in [-0.2, 0) is 0 Å². The van der Waals surface area contributed by atoms with E-state index in [1.807, 2.05) is 7.05 Å². The first kappa shape index (κ1) is 18.7. The maximum Gasteiger partial charge on any atom is 0.291 e. The van der Waals surface area contributed by atoms with Crippen molar-refractivity contribution in [1.29, 1.82) is 0 Å². The van der Waals surface area contributed by atoms with Crippen LogP contribution in [0.25, 0.3) is 5.69 Å². The highest BCUT2D eigenvalue weighted by molar-refractivity contribution is 6.37. The first-order valence-electron chi connectivity index (χ1n) is 6.35. The van der Waals surface area contributed by atoms with Crippen LogP contribution in [0.1, 0.15) is 16.4 Å². The lowest BCUT2D eigenvalue weighted by Gasteiger charge is -2.07. The van der Waals surface area contributed by atoms with Crippen molar-refractivity contribution in [3.8, 4) is 5.69 Å². The summed E-state index contributed by atoms with van der Waals surface area (Å²) in [6.45, 7) is 2.90. The van der Waals surface area contributed by atoms with Gasteiger partial charge in [0.15, 0.2) is 0 Å². The van der Waals surface area contributed by atoms with Crippen LogP contribution >= 0.6 is 35.6 Å². The van der Waals surface area contributed by atoms with Gasteiger partial charge in [-0.05, 0) is 26.1 Å². The molecule has 1 heterocycles. The zero-order valence-corrected chi connectivity index (χ0v) is 14.4. The number of para-hydroxylation sites is 1. The second kappa shape index (κ2) is 8.33. The normalized spacial score (nSPS) is 10.2. The number of amides is 1. The zero-order chi connectivity index (χ0) is 15.4. The predicted molar refractivity (Wildman–Crippen MR) is 89.6 cm³/mol. The first-order chi connectivity index (χ1) is 10.0. The number of benzene rings is 1. The first-order valence-corrected chi connectivity index (χ1v) is 7.11. The molecule has 0 atom stereocenters. The van der Waals surface area contributed by atoms with Gasteiger partial charge in [0, 0.05) is 13.1 Å². The van der Waals surface area contributed by atoms with Gasteiger partial charge in [-0.25, -0.2) is 9.67 Å². The van der Waals surface area contributed by atoms with Gasteiger partial charge in [0.25, 0.3) is 5.91 Å². The molecule has 0 saturated carbocycles. The topological polar surface area (TPSA) is 71.8 Å². The van der Waals surface area contributed by atoms with Crippen LogP contribution in [0.2, 0.25) is 10.0 Å². The number of likely N-dealkylation sites (N-methyl/N-ethyl adjacent to an activating group) is 1. The Bertz CT molecular complexity index is 639. The Morgan fingerprint density at radius 1 is 1.27 bits per heavy atom. The average Bonchev–Trinajstić information content (AvgIpc) is 2.81. The van der Waals surface area contributed by atoms with E-state index in [1.165, 1.54) is 4.68 Å². The fourth-order valence-corrected chi connectivity index (χ4v) is 2.33. The molecule has 2 rings (SSSR count). The third-order valence-corrected chi connectivity index (χ3v) is 3.39. The summed E-state index contributed by atoms with van der Waals surface area (Å²) in [5.74, 6) is 0.277. The third kappa shape index (κ3) is 4.10. The summed E-state index contributed by atoms with van der Waals surface area (Å²) in [5.41, 5.74) is 0.514. The standard InChI is InChI=1S/C13H15Cl2N5O.ClH/c1-8-18-12(13(21)17-7-6-16-2)19-20(8)11-9(14)4-3-5-10(11)15;/h3-5,16H,6-7H2,1-2H3,(H,17,21);1H. The molecule has 0 saturated heterocycles. The molecule has 0 aliphatic carbocycles. The van der Waals surface area contributed by atoms with E-state index in [1.54, 1.807) is 25.1 Å². The Balaban J connectivity index is 0.00000242. The molecule has 0 aliphatic rings. The summed E-state index contributed by atoms with van der Waals surface area (Å²) in [5, 5.41) is 10.7. The summed E-state index contributed by atoms with van der Waals surface area (Å²) in [4.78, 5) is 16.1.